The minimum atomic E-state index is -0.969. The van der Waals surface area contributed by atoms with Crippen LogP contribution in [0.5, 0.6) is 0 Å². The zero-order valence-electron chi connectivity index (χ0n) is 14.2. The van der Waals surface area contributed by atoms with Crippen LogP contribution in [0.3, 0.4) is 0 Å². The summed E-state index contributed by atoms with van der Waals surface area (Å²) in [4.78, 5) is 34.4. The van der Waals surface area contributed by atoms with Crippen molar-refractivity contribution in [3.63, 3.8) is 0 Å². The summed E-state index contributed by atoms with van der Waals surface area (Å²) in [6.45, 7) is 2.85. The lowest BCUT2D eigenvalue weighted by molar-refractivity contribution is -0.121. The first-order valence-electron chi connectivity index (χ1n) is 8.22. The molecule has 6 heteroatoms. The lowest BCUT2D eigenvalue weighted by Gasteiger charge is -2.07. The predicted octanol–water partition coefficient (Wildman–Crippen LogP) is 2.34. The zero-order valence-corrected chi connectivity index (χ0v) is 14.2. The molecule has 2 rings (SSSR count). The van der Waals surface area contributed by atoms with E-state index in [2.05, 4.69) is 5.32 Å². The van der Waals surface area contributed by atoms with E-state index >= 15 is 0 Å². The number of carboxylic acid groups (broad SMARTS) is 1. The maximum absolute atomic E-state index is 11.8. The fraction of sp³-hybridized carbons (Fsp3) is 0.316. The second-order valence-electron chi connectivity index (χ2n) is 5.97. The van der Waals surface area contributed by atoms with E-state index in [-0.39, 0.29) is 17.0 Å². The number of pyridine rings is 1. The van der Waals surface area contributed by atoms with E-state index in [1.165, 1.54) is 12.1 Å². The monoisotopic (exact) mass is 342 g/mol. The smallest absolute Gasteiger partial charge is 0.335 e. The molecule has 6 nitrogen and oxygen atoms in total. The Morgan fingerprint density at radius 3 is 2.48 bits per heavy atom. The van der Waals surface area contributed by atoms with Gasteiger partial charge in [0.1, 0.15) is 0 Å². The highest BCUT2D eigenvalue weighted by atomic mass is 16.4. The number of rotatable bonds is 8. The summed E-state index contributed by atoms with van der Waals surface area (Å²) in [7, 11) is 0. The van der Waals surface area contributed by atoms with Gasteiger partial charge in [-0.05, 0) is 49.1 Å². The first-order chi connectivity index (χ1) is 12.0. The minimum absolute atomic E-state index is 0.0192. The maximum atomic E-state index is 11.8. The Bertz CT molecular complexity index is 794. The van der Waals surface area contributed by atoms with Crippen molar-refractivity contribution in [3.05, 3.63) is 69.6 Å². The largest absolute Gasteiger partial charge is 0.478 e. The summed E-state index contributed by atoms with van der Waals surface area (Å²) >= 11 is 0. The van der Waals surface area contributed by atoms with Crippen molar-refractivity contribution in [2.45, 2.75) is 39.3 Å². The number of hydrogen-bond acceptors (Lipinski definition) is 3. The van der Waals surface area contributed by atoms with E-state index in [1.54, 1.807) is 29.0 Å². The number of nitrogens with one attached hydrogen (secondary N) is 1. The van der Waals surface area contributed by atoms with E-state index < -0.39 is 5.97 Å². The highest BCUT2D eigenvalue weighted by Gasteiger charge is 2.04. The molecule has 0 bridgehead atoms. The molecule has 0 saturated heterocycles. The van der Waals surface area contributed by atoms with Gasteiger partial charge in [-0.25, -0.2) is 4.79 Å². The van der Waals surface area contributed by atoms with E-state index in [4.69, 9.17) is 5.11 Å². The Hall–Kier alpha value is -2.89. The molecule has 1 heterocycles. The van der Waals surface area contributed by atoms with Crippen LogP contribution >= 0.6 is 0 Å². The molecule has 2 aromatic rings. The molecule has 2 N–H and O–H groups in total. The van der Waals surface area contributed by atoms with Crippen LogP contribution in [0.15, 0.2) is 47.4 Å². The molecule has 0 fully saturated rings. The third kappa shape index (κ3) is 5.91. The number of nitrogens with zero attached hydrogens (tertiary/aromatic N) is 1. The molecule has 132 valence electrons. The summed E-state index contributed by atoms with van der Waals surface area (Å²) in [6.07, 6.45) is 3.63. The lowest BCUT2D eigenvalue weighted by Crippen LogP contribution is -2.23. The molecular weight excluding hydrogens is 320 g/mol. The van der Waals surface area contributed by atoms with Crippen LogP contribution in [0.1, 0.15) is 40.7 Å². The van der Waals surface area contributed by atoms with Crippen LogP contribution in [-0.2, 0) is 17.9 Å². The quantitative estimate of drug-likeness (QED) is 0.721. The van der Waals surface area contributed by atoms with Crippen LogP contribution in [0.2, 0.25) is 0 Å². The van der Waals surface area contributed by atoms with Gasteiger partial charge in [-0.3, -0.25) is 9.59 Å². The normalized spacial score (nSPS) is 10.4. The number of amides is 1. The number of aromatic carboxylic acids is 1. The van der Waals surface area contributed by atoms with Crippen molar-refractivity contribution >= 4 is 11.9 Å². The van der Waals surface area contributed by atoms with Gasteiger partial charge in [0.05, 0.1) is 5.56 Å². The summed E-state index contributed by atoms with van der Waals surface area (Å²) in [5.41, 5.74) is 2.00. The molecule has 0 aliphatic heterocycles. The molecular formula is C19H22N2O4. The second-order valence-corrected chi connectivity index (χ2v) is 5.97. The summed E-state index contributed by atoms with van der Waals surface area (Å²) < 4.78 is 1.65. The number of carbonyl (C=O) groups is 2. The van der Waals surface area contributed by atoms with Crippen molar-refractivity contribution in [2.24, 2.45) is 0 Å². The fourth-order valence-electron chi connectivity index (χ4n) is 2.41. The molecule has 0 unspecified atom stereocenters. The Morgan fingerprint density at radius 2 is 1.84 bits per heavy atom. The van der Waals surface area contributed by atoms with Gasteiger partial charge in [0.2, 0.25) is 5.91 Å². The van der Waals surface area contributed by atoms with Gasteiger partial charge in [0, 0.05) is 31.8 Å². The van der Waals surface area contributed by atoms with Crippen molar-refractivity contribution < 1.29 is 14.7 Å². The Kier molecular flexibility index (Phi) is 6.51. The molecule has 0 radical (unpaired) electrons. The van der Waals surface area contributed by atoms with Crippen LogP contribution < -0.4 is 10.9 Å². The SMILES string of the molecule is Cc1ccn(CCCCC(=O)NCc2ccc(C(=O)O)cc2)c(=O)c1. The highest BCUT2D eigenvalue weighted by molar-refractivity contribution is 5.87. The Labute approximate surface area is 146 Å². The second kappa shape index (κ2) is 8.82. The Balaban J connectivity index is 1.68. The van der Waals surface area contributed by atoms with Crippen LogP contribution in [0.25, 0.3) is 0 Å². The number of unbranched alkanes of at least 4 members (excludes halogenated alkanes) is 1. The van der Waals surface area contributed by atoms with Gasteiger partial charge >= 0.3 is 5.97 Å². The first kappa shape index (κ1) is 18.4. The molecule has 0 spiro atoms. The van der Waals surface area contributed by atoms with Crippen molar-refractivity contribution in [1.82, 2.24) is 9.88 Å². The predicted molar refractivity (Wildman–Crippen MR) is 94.5 cm³/mol. The molecule has 0 saturated carbocycles. The maximum Gasteiger partial charge on any atom is 0.335 e. The van der Waals surface area contributed by atoms with E-state index in [9.17, 15) is 14.4 Å². The van der Waals surface area contributed by atoms with Crippen LogP contribution in [0, 0.1) is 6.92 Å². The summed E-state index contributed by atoms with van der Waals surface area (Å²) in [5.74, 6) is -1.03. The van der Waals surface area contributed by atoms with Gasteiger partial charge in [0.15, 0.2) is 0 Å². The fourth-order valence-corrected chi connectivity index (χ4v) is 2.41. The third-order valence-electron chi connectivity index (χ3n) is 3.90. The molecule has 0 aliphatic rings. The number of aromatic nitrogens is 1. The zero-order chi connectivity index (χ0) is 18.2. The van der Waals surface area contributed by atoms with Crippen LogP contribution in [-0.4, -0.2) is 21.6 Å². The third-order valence-corrected chi connectivity index (χ3v) is 3.90. The van der Waals surface area contributed by atoms with E-state index in [0.717, 1.165) is 17.5 Å². The average Bonchev–Trinajstić information content (AvgIpc) is 2.58. The number of benzene rings is 1. The molecule has 1 aromatic heterocycles. The van der Waals surface area contributed by atoms with Crippen molar-refractivity contribution in [3.8, 4) is 0 Å². The van der Waals surface area contributed by atoms with E-state index in [1.807, 2.05) is 13.0 Å². The number of aryl methyl sites for hydroxylation is 2. The van der Waals surface area contributed by atoms with Crippen molar-refractivity contribution in [1.29, 1.82) is 0 Å². The summed E-state index contributed by atoms with van der Waals surface area (Å²) in [5, 5.41) is 11.6. The standard InChI is InChI=1S/C19H22N2O4/c1-14-9-11-21(18(23)12-14)10-3-2-4-17(22)20-13-15-5-7-16(8-6-15)19(24)25/h5-9,11-12H,2-4,10,13H2,1H3,(H,20,22)(H,24,25). The molecule has 0 atom stereocenters. The molecule has 25 heavy (non-hydrogen) atoms. The van der Waals surface area contributed by atoms with E-state index in [0.29, 0.717) is 25.9 Å². The number of hydrogen-bond donors (Lipinski definition) is 2. The van der Waals surface area contributed by atoms with Gasteiger partial charge in [0.25, 0.3) is 5.56 Å². The van der Waals surface area contributed by atoms with Gasteiger partial charge < -0.3 is 15.0 Å². The van der Waals surface area contributed by atoms with Gasteiger partial charge in [-0.2, -0.15) is 0 Å². The Morgan fingerprint density at radius 1 is 1.12 bits per heavy atom. The van der Waals surface area contributed by atoms with Gasteiger partial charge in [-0.15, -0.1) is 0 Å². The first-order valence-corrected chi connectivity index (χ1v) is 8.22. The lowest BCUT2D eigenvalue weighted by atomic mass is 10.1. The minimum Gasteiger partial charge on any atom is -0.478 e. The van der Waals surface area contributed by atoms with Crippen molar-refractivity contribution in [2.75, 3.05) is 0 Å². The molecule has 1 aromatic carbocycles. The number of carboxylic acids is 1. The topological polar surface area (TPSA) is 88.4 Å². The average molecular weight is 342 g/mol. The number of carbonyl (C=O) groups excluding carboxylic acids is 1. The molecule has 1 amide bonds. The highest BCUT2D eigenvalue weighted by Crippen LogP contribution is 2.05. The molecule has 0 aliphatic carbocycles. The summed E-state index contributed by atoms with van der Waals surface area (Å²) in [6, 6.07) is 9.90. The van der Waals surface area contributed by atoms with Gasteiger partial charge in [-0.1, -0.05) is 12.1 Å². The van der Waals surface area contributed by atoms with Crippen LogP contribution in [0.4, 0.5) is 0 Å².